The number of carbonyl (C=O) groups excluding carboxylic acids is 2. The first-order valence-corrected chi connectivity index (χ1v) is 11.0. The second-order valence-corrected chi connectivity index (χ2v) is 7.95. The Morgan fingerprint density at radius 1 is 1.09 bits per heavy atom. The van der Waals surface area contributed by atoms with Crippen LogP contribution in [0, 0.1) is 5.82 Å². The minimum absolute atomic E-state index is 0.0593. The highest BCUT2D eigenvalue weighted by Crippen LogP contribution is 2.30. The smallest absolute Gasteiger partial charge is 0.248 e. The lowest BCUT2D eigenvalue weighted by Crippen LogP contribution is -2.30. The standard InChI is InChI=1S/C26H25FN4O3/c27-21-15-18(6-10-24(21)34-20-5-4-12-29-17-20)7-11-25(32)30-22-16-19(26(28)33)8-9-23(22)31-13-2-1-3-14-31/h4-12,15-17H,1-3,13-14H2,(H2,28,33)(H,30,32)/b11-7+. The molecule has 8 heteroatoms. The Kier molecular flexibility index (Phi) is 7.17. The molecular weight excluding hydrogens is 435 g/mol. The molecule has 0 atom stereocenters. The molecule has 1 fully saturated rings. The molecule has 1 aliphatic rings. The molecule has 0 aliphatic carbocycles. The summed E-state index contributed by atoms with van der Waals surface area (Å²) in [7, 11) is 0. The van der Waals surface area contributed by atoms with Crippen molar-refractivity contribution in [1.82, 2.24) is 4.98 Å². The topological polar surface area (TPSA) is 97.6 Å². The second-order valence-electron chi connectivity index (χ2n) is 7.95. The van der Waals surface area contributed by atoms with Gasteiger partial charge < -0.3 is 20.7 Å². The lowest BCUT2D eigenvalue weighted by Gasteiger charge is -2.30. The zero-order chi connectivity index (χ0) is 23.9. The van der Waals surface area contributed by atoms with Gasteiger partial charge in [0.25, 0.3) is 0 Å². The van der Waals surface area contributed by atoms with E-state index in [1.54, 1.807) is 42.6 Å². The number of pyridine rings is 1. The van der Waals surface area contributed by atoms with Gasteiger partial charge in [-0.05, 0) is 73.4 Å². The number of rotatable bonds is 7. The lowest BCUT2D eigenvalue weighted by molar-refractivity contribution is -0.111. The van der Waals surface area contributed by atoms with Crippen LogP contribution in [0.4, 0.5) is 15.8 Å². The molecule has 4 rings (SSSR count). The molecule has 2 aromatic carbocycles. The SMILES string of the molecule is NC(=O)c1ccc(N2CCCCC2)c(NC(=O)/C=C/c2ccc(Oc3cccnc3)c(F)c2)c1. The van der Waals surface area contributed by atoms with Gasteiger partial charge in [0.1, 0.15) is 5.75 Å². The summed E-state index contributed by atoms with van der Waals surface area (Å²) < 4.78 is 19.9. The summed E-state index contributed by atoms with van der Waals surface area (Å²) in [5.41, 5.74) is 7.58. The number of halogens is 1. The van der Waals surface area contributed by atoms with Crippen molar-refractivity contribution in [1.29, 1.82) is 0 Å². The first-order valence-electron chi connectivity index (χ1n) is 11.0. The van der Waals surface area contributed by atoms with Gasteiger partial charge in [0, 0.05) is 30.9 Å². The molecule has 3 aromatic rings. The number of hydrogen-bond acceptors (Lipinski definition) is 5. The summed E-state index contributed by atoms with van der Waals surface area (Å²) in [6.07, 6.45) is 9.21. The maximum atomic E-state index is 14.5. The van der Waals surface area contributed by atoms with E-state index in [0.29, 0.717) is 22.6 Å². The van der Waals surface area contributed by atoms with Gasteiger partial charge >= 0.3 is 0 Å². The van der Waals surface area contributed by atoms with Crippen LogP contribution in [-0.2, 0) is 4.79 Å². The molecule has 1 aromatic heterocycles. The Hall–Kier alpha value is -4.20. The van der Waals surface area contributed by atoms with Crippen molar-refractivity contribution in [2.75, 3.05) is 23.3 Å². The fourth-order valence-electron chi connectivity index (χ4n) is 3.78. The van der Waals surface area contributed by atoms with Crippen LogP contribution in [0.5, 0.6) is 11.5 Å². The number of piperidine rings is 1. The molecule has 34 heavy (non-hydrogen) atoms. The van der Waals surface area contributed by atoms with Crippen LogP contribution in [0.3, 0.4) is 0 Å². The number of nitrogens with one attached hydrogen (secondary N) is 1. The Labute approximate surface area is 197 Å². The summed E-state index contributed by atoms with van der Waals surface area (Å²) in [6.45, 7) is 1.75. The normalized spacial score (nSPS) is 13.6. The average Bonchev–Trinajstić information content (AvgIpc) is 2.85. The zero-order valence-electron chi connectivity index (χ0n) is 18.5. The summed E-state index contributed by atoms with van der Waals surface area (Å²) in [4.78, 5) is 30.4. The third-order valence-electron chi connectivity index (χ3n) is 5.48. The molecule has 0 bridgehead atoms. The minimum Gasteiger partial charge on any atom is -0.453 e. The fraction of sp³-hybridized carbons (Fsp3) is 0.192. The van der Waals surface area contributed by atoms with E-state index in [9.17, 15) is 14.0 Å². The van der Waals surface area contributed by atoms with E-state index < -0.39 is 17.6 Å². The van der Waals surface area contributed by atoms with E-state index in [1.165, 1.54) is 36.9 Å². The first kappa shape index (κ1) is 23.0. The predicted molar refractivity (Wildman–Crippen MR) is 129 cm³/mol. The first-order chi connectivity index (χ1) is 16.5. The number of primary amides is 1. The van der Waals surface area contributed by atoms with Crippen molar-refractivity contribution in [3.8, 4) is 11.5 Å². The van der Waals surface area contributed by atoms with Crippen molar-refractivity contribution < 1.29 is 18.7 Å². The van der Waals surface area contributed by atoms with Crippen LogP contribution >= 0.6 is 0 Å². The molecular formula is C26H25FN4O3. The number of ether oxygens (including phenoxy) is 1. The molecule has 3 N–H and O–H groups in total. The minimum atomic E-state index is -0.569. The largest absolute Gasteiger partial charge is 0.453 e. The number of amides is 2. The third kappa shape index (κ3) is 5.78. The van der Waals surface area contributed by atoms with Gasteiger partial charge in [-0.2, -0.15) is 0 Å². The Morgan fingerprint density at radius 2 is 1.91 bits per heavy atom. The molecule has 0 unspecified atom stereocenters. The number of anilines is 2. The van der Waals surface area contributed by atoms with Crippen LogP contribution in [0.2, 0.25) is 0 Å². The summed E-state index contributed by atoms with van der Waals surface area (Å²) in [6, 6.07) is 12.8. The monoisotopic (exact) mass is 460 g/mol. The van der Waals surface area contributed by atoms with Crippen molar-refractivity contribution in [3.05, 3.63) is 83.9 Å². The molecule has 0 radical (unpaired) electrons. The van der Waals surface area contributed by atoms with Gasteiger partial charge in [-0.15, -0.1) is 0 Å². The van der Waals surface area contributed by atoms with Crippen LogP contribution in [0.1, 0.15) is 35.2 Å². The van der Waals surface area contributed by atoms with Gasteiger partial charge in [0.2, 0.25) is 11.8 Å². The molecule has 7 nitrogen and oxygen atoms in total. The van der Waals surface area contributed by atoms with E-state index in [0.717, 1.165) is 31.6 Å². The Morgan fingerprint density at radius 3 is 2.62 bits per heavy atom. The van der Waals surface area contributed by atoms with Crippen molar-refractivity contribution in [3.63, 3.8) is 0 Å². The number of benzene rings is 2. The van der Waals surface area contributed by atoms with E-state index >= 15 is 0 Å². The number of nitrogens with zero attached hydrogens (tertiary/aromatic N) is 2. The van der Waals surface area contributed by atoms with Gasteiger partial charge in [-0.25, -0.2) is 4.39 Å². The molecule has 1 aliphatic heterocycles. The highest BCUT2D eigenvalue weighted by atomic mass is 19.1. The van der Waals surface area contributed by atoms with Gasteiger partial charge in [-0.3, -0.25) is 14.6 Å². The van der Waals surface area contributed by atoms with E-state index in [2.05, 4.69) is 15.2 Å². The molecule has 1 saturated heterocycles. The summed E-state index contributed by atoms with van der Waals surface area (Å²) in [5.74, 6) is -1.06. The molecule has 2 heterocycles. The number of hydrogen-bond donors (Lipinski definition) is 2. The maximum absolute atomic E-state index is 14.5. The highest BCUT2D eigenvalue weighted by molar-refractivity contribution is 6.05. The predicted octanol–water partition coefficient (Wildman–Crippen LogP) is 4.75. The number of carbonyl (C=O) groups is 2. The Bertz CT molecular complexity index is 1210. The van der Waals surface area contributed by atoms with E-state index in [4.69, 9.17) is 10.5 Å². The van der Waals surface area contributed by atoms with Crippen LogP contribution in [0.15, 0.2) is 67.0 Å². The van der Waals surface area contributed by atoms with E-state index in [1.807, 2.05) is 0 Å². The maximum Gasteiger partial charge on any atom is 0.248 e. The van der Waals surface area contributed by atoms with Gasteiger partial charge in [0.05, 0.1) is 17.6 Å². The van der Waals surface area contributed by atoms with Crippen LogP contribution in [-0.4, -0.2) is 29.9 Å². The van der Waals surface area contributed by atoms with Crippen molar-refractivity contribution in [2.24, 2.45) is 5.73 Å². The van der Waals surface area contributed by atoms with E-state index in [-0.39, 0.29) is 5.75 Å². The van der Waals surface area contributed by atoms with Crippen LogP contribution in [0.25, 0.3) is 6.08 Å². The summed E-state index contributed by atoms with van der Waals surface area (Å²) in [5, 5.41) is 2.83. The van der Waals surface area contributed by atoms with Crippen molar-refractivity contribution >= 4 is 29.3 Å². The quantitative estimate of drug-likeness (QED) is 0.496. The summed E-state index contributed by atoms with van der Waals surface area (Å²) >= 11 is 0. The van der Waals surface area contributed by atoms with Gasteiger partial charge in [-0.1, -0.05) is 6.07 Å². The fourth-order valence-corrected chi connectivity index (χ4v) is 3.78. The van der Waals surface area contributed by atoms with Crippen molar-refractivity contribution in [2.45, 2.75) is 19.3 Å². The van der Waals surface area contributed by atoms with Gasteiger partial charge in [0.15, 0.2) is 11.6 Å². The highest BCUT2D eigenvalue weighted by Gasteiger charge is 2.17. The molecule has 0 saturated carbocycles. The second kappa shape index (κ2) is 10.6. The lowest BCUT2D eigenvalue weighted by atomic mass is 10.1. The number of aromatic nitrogens is 1. The number of nitrogens with two attached hydrogens (primary N) is 1. The third-order valence-corrected chi connectivity index (χ3v) is 5.48. The molecule has 2 amide bonds. The molecule has 174 valence electrons. The average molecular weight is 461 g/mol. The Balaban J connectivity index is 1.47. The zero-order valence-corrected chi connectivity index (χ0v) is 18.5. The molecule has 0 spiro atoms. The van der Waals surface area contributed by atoms with Crippen LogP contribution < -0.4 is 20.7 Å².